The van der Waals surface area contributed by atoms with Crippen molar-refractivity contribution in [2.75, 3.05) is 0 Å². The fraction of sp³-hybridized carbons (Fsp3) is 0.286. The first-order valence-electron chi connectivity index (χ1n) is 3.09. The molecular formula is C7H11ClN2O. The minimum absolute atomic E-state index is 0. The fourth-order valence-electron chi connectivity index (χ4n) is 0.753. The third kappa shape index (κ3) is 2.37. The molecule has 0 saturated carbocycles. The summed E-state index contributed by atoms with van der Waals surface area (Å²) in [7, 11) is 0. The van der Waals surface area contributed by atoms with Gasteiger partial charge in [-0.15, -0.1) is 12.4 Å². The average Bonchev–Trinajstić information content (AvgIpc) is 1.94. The van der Waals surface area contributed by atoms with E-state index >= 15 is 0 Å². The second-order valence-corrected chi connectivity index (χ2v) is 2.12. The van der Waals surface area contributed by atoms with Crippen molar-refractivity contribution >= 4 is 12.4 Å². The third-order valence-corrected chi connectivity index (χ3v) is 1.28. The van der Waals surface area contributed by atoms with Gasteiger partial charge in [0.1, 0.15) is 5.75 Å². The molecule has 0 atom stereocenters. The number of halogens is 1. The highest BCUT2D eigenvalue weighted by atomic mass is 35.5. The Hall–Kier alpha value is -0.800. The molecule has 0 bridgehead atoms. The van der Waals surface area contributed by atoms with Crippen molar-refractivity contribution in [2.24, 2.45) is 5.73 Å². The molecule has 3 N–H and O–H groups in total. The molecule has 0 fully saturated rings. The standard InChI is InChI=1S/C7H10N2O.ClH/c1-5-2-3-7(10)6(4-8)9-5;/h2-3,10H,4,8H2,1H3;1H. The smallest absolute Gasteiger partial charge is 0.138 e. The van der Waals surface area contributed by atoms with E-state index in [-0.39, 0.29) is 24.7 Å². The zero-order valence-corrected chi connectivity index (χ0v) is 7.06. The van der Waals surface area contributed by atoms with Crippen LogP contribution in [0.4, 0.5) is 0 Å². The van der Waals surface area contributed by atoms with E-state index in [4.69, 9.17) is 10.8 Å². The van der Waals surface area contributed by atoms with Gasteiger partial charge >= 0.3 is 0 Å². The van der Waals surface area contributed by atoms with Crippen LogP contribution in [0.1, 0.15) is 11.4 Å². The van der Waals surface area contributed by atoms with Gasteiger partial charge in [0.15, 0.2) is 0 Å². The first-order valence-corrected chi connectivity index (χ1v) is 3.09. The van der Waals surface area contributed by atoms with Gasteiger partial charge < -0.3 is 10.8 Å². The number of aromatic nitrogens is 1. The lowest BCUT2D eigenvalue weighted by Gasteiger charge is -1.99. The molecule has 0 radical (unpaired) electrons. The minimum atomic E-state index is 0. The second-order valence-electron chi connectivity index (χ2n) is 2.12. The summed E-state index contributed by atoms with van der Waals surface area (Å²) in [6, 6.07) is 3.35. The largest absolute Gasteiger partial charge is 0.506 e. The van der Waals surface area contributed by atoms with E-state index in [2.05, 4.69) is 4.98 Å². The first kappa shape index (κ1) is 10.2. The number of aryl methyl sites for hydroxylation is 1. The number of nitrogens with zero attached hydrogens (tertiary/aromatic N) is 1. The Morgan fingerprint density at radius 1 is 1.55 bits per heavy atom. The number of hydrogen-bond acceptors (Lipinski definition) is 3. The molecule has 0 aliphatic carbocycles. The molecule has 1 aromatic rings. The van der Waals surface area contributed by atoms with Gasteiger partial charge in [-0.05, 0) is 19.1 Å². The van der Waals surface area contributed by atoms with Crippen molar-refractivity contribution in [3.8, 4) is 5.75 Å². The Morgan fingerprint density at radius 3 is 2.64 bits per heavy atom. The van der Waals surface area contributed by atoms with Crippen LogP contribution in [0.15, 0.2) is 12.1 Å². The summed E-state index contributed by atoms with van der Waals surface area (Å²) < 4.78 is 0. The molecule has 0 amide bonds. The number of hydrogen-bond donors (Lipinski definition) is 2. The van der Waals surface area contributed by atoms with Crippen LogP contribution in [-0.4, -0.2) is 10.1 Å². The molecular weight excluding hydrogens is 164 g/mol. The van der Waals surface area contributed by atoms with E-state index in [1.54, 1.807) is 12.1 Å². The fourth-order valence-corrected chi connectivity index (χ4v) is 0.753. The SMILES string of the molecule is Cc1ccc(O)c(CN)n1.Cl. The van der Waals surface area contributed by atoms with Gasteiger partial charge in [0.25, 0.3) is 0 Å². The van der Waals surface area contributed by atoms with Crippen LogP contribution in [0.3, 0.4) is 0 Å². The third-order valence-electron chi connectivity index (χ3n) is 1.28. The molecule has 0 spiro atoms. The molecule has 0 saturated heterocycles. The van der Waals surface area contributed by atoms with Crippen LogP contribution in [0.25, 0.3) is 0 Å². The molecule has 4 heteroatoms. The predicted molar refractivity (Wildman–Crippen MR) is 45.8 cm³/mol. The van der Waals surface area contributed by atoms with Crippen molar-refractivity contribution < 1.29 is 5.11 Å². The lowest BCUT2D eigenvalue weighted by Crippen LogP contribution is -2.00. The van der Waals surface area contributed by atoms with E-state index in [0.717, 1.165) is 5.69 Å². The average molecular weight is 175 g/mol. The molecule has 62 valence electrons. The molecule has 11 heavy (non-hydrogen) atoms. The molecule has 0 unspecified atom stereocenters. The lowest BCUT2D eigenvalue weighted by atomic mass is 10.3. The van der Waals surface area contributed by atoms with Gasteiger partial charge in [-0.25, -0.2) is 0 Å². The highest BCUT2D eigenvalue weighted by Crippen LogP contribution is 2.12. The number of rotatable bonds is 1. The van der Waals surface area contributed by atoms with Gasteiger partial charge in [-0.2, -0.15) is 0 Å². The summed E-state index contributed by atoms with van der Waals surface area (Å²) in [5, 5.41) is 9.09. The Labute approximate surface area is 71.7 Å². The second kappa shape index (κ2) is 4.16. The number of nitrogens with two attached hydrogens (primary N) is 1. The Kier molecular flexibility index (Phi) is 3.85. The first-order chi connectivity index (χ1) is 4.74. The quantitative estimate of drug-likeness (QED) is 0.667. The molecule has 1 heterocycles. The summed E-state index contributed by atoms with van der Waals surface area (Å²) in [4.78, 5) is 4.02. The summed E-state index contributed by atoms with van der Waals surface area (Å²) in [5.41, 5.74) is 6.73. The van der Waals surface area contributed by atoms with E-state index in [9.17, 15) is 0 Å². The topological polar surface area (TPSA) is 59.1 Å². The van der Waals surface area contributed by atoms with Crippen molar-refractivity contribution in [1.82, 2.24) is 4.98 Å². The maximum Gasteiger partial charge on any atom is 0.138 e. The molecule has 3 nitrogen and oxygen atoms in total. The highest BCUT2D eigenvalue weighted by Gasteiger charge is 1.98. The van der Waals surface area contributed by atoms with Crippen LogP contribution in [0.2, 0.25) is 0 Å². The number of pyridine rings is 1. The monoisotopic (exact) mass is 174 g/mol. The van der Waals surface area contributed by atoms with E-state index in [0.29, 0.717) is 5.69 Å². The molecule has 0 aromatic carbocycles. The summed E-state index contributed by atoms with van der Waals surface area (Å²) in [6.45, 7) is 2.14. The summed E-state index contributed by atoms with van der Waals surface area (Å²) in [6.07, 6.45) is 0. The maximum atomic E-state index is 9.09. The van der Waals surface area contributed by atoms with Crippen LogP contribution >= 0.6 is 12.4 Å². The van der Waals surface area contributed by atoms with E-state index < -0.39 is 0 Å². The van der Waals surface area contributed by atoms with Crippen molar-refractivity contribution in [1.29, 1.82) is 0 Å². The summed E-state index contributed by atoms with van der Waals surface area (Å²) in [5.74, 6) is 0.174. The van der Waals surface area contributed by atoms with E-state index in [1.165, 1.54) is 0 Å². The van der Waals surface area contributed by atoms with Gasteiger partial charge in [-0.1, -0.05) is 0 Å². The van der Waals surface area contributed by atoms with Gasteiger partial charge in [0.05, 0.1) is 5.69 Å². The Balaban J connectivity index is 0.000001000. The van der Waals surface area contributed by atoms with Crippen LogP contribution in [0, 0.1) is 6.92 Å². The molecule has 0 aliphatic heterocycles. The Morgan fingerprint density at radius 2 is 2.18 bits per heavy atom. The molecule has 1 aromatic heterocycles. The van der Waals surface area contributed by atoms with Crippen LogP contribution in [0.5, 0.6) is 5.75 Å². The van der Waals surface area contributed by atoms with Crippen molar-refractivity contribution in [3.05, 3.63) is 23.5 Å². The summed E-state index contributed by atoms with van der Waals surface area (Å²) >= 11 is 0. The predicted octanol–water partition coefficient (Wildman–Crippen LogP) is 0.976. The normalized spacial score (nSPS) is 8.91. The van der Waals surface area contributed by atoms with Gasteiger partial charge in [0.2, 0.25) is 0 Å². The Bertz CT molecular complexity index is 240. The van der Waals surface area contributed by atoms with Gasteiger partial charge in [0, 0.05) is 12.2 Å². The van der Waals surface area contributed by atoms with Gasteiger partial charge in [-0.3, -0.25) is 4.98 Å². The van der Waals surface area contributed by atoms with E-state index in [1.807, 2.05) is 6.92 Å². The van der Waals surface area contributed by atoms with Crippen molar-refractivity contribution in [3.63, 3.8) is 0 Å². The molecule has 1 rings (SSSR count). The maximum absolute atomic E-state index is 9.09. The lowest BCUT2D eigenvalue weighted by molar-refractivity contribution is 0.464. The molecule has 0 aliphatic rings. The zero-order valence-electron chi connectivity index (χ0n) is 6.24. The highest BCUT2D eigenvalue weighted by molar-refractivity contribution is 5.85. The zero-order chi connectivity index (χ0) is 7.56. The van der Waals surface area contributed by atoms with Crippen molar-refractivity contribution in [2.45, 2.75) is 13.5 Å². The van der Waals surface area contributed by atoms with Crippen LogP contribution in [-0.2, 0) is 6.54 Å². The minimum Gasteiger partial charge on any atom is -0.506 e. The van der Waals surface area contributed by atoms with Crippen LogP contribution < -0.4 is 5.73 Å². The number of aromatic hydroxyl groups is 1.